The van der Waals surface area contributed by atoms with Gasteiger partial charge < -0.3 is 48.5 Å². The van der Waals surface area contributed by atoms with Crippen molar-refractivity contribution in [2.75, 3.05) is 13.2 Å². The lowest BCUT2D eigenvalue weighted by molar-refractivity contribution is -0.144. The molecule has 0 aromatic rings. The molecule has 0 aliphatic carbocycles. The van der Waals surface area contributed by atoms with Gasteiger partial charge in [-0.2, -0.15) is 0 Å². The lowest BCUT2D eigenvalue weighted by Crippen LogP contribution is -2.58. The number of amides is 3. The predicted octanol–water partition coefficient (Wildman–Crippen LogP) is -3.58. The maximum absolute atomic E-state index is 12.8. The quantitative estimate of drug-likeness (QED) is 0.0580. The van der Waals surface area contributed by atoms with E-state index in [2.05, 4.69) is 15.6 Å². The molecule has 4 atom stereocenters. The molecule has 0 aromatic carbocycles. The number of nitrogens with two attached hydrogens (primary N) is 3. The fraction of sp³-hybridized carbons (Fsp3) is 0.684. The van der Waals surface area contributed by atoms with Gasteiger partial charge in [-0.15, -0.1) is 0 Å². The summed E-state index contributed by atoms with van der Waals surface area (Å²) in [5.74, 6) is -5.78. The molecule has 0 saturated carbocycles. The molecule has 0 aliphatic heterocycles. The van der Waals surface area contributed by atoms with Crippen LogP contribution in [0.5, 0.6) is 0 Å². The molecular formula is C19H35N7O8. The molecule has 0 saturated heterocycles. The smallest absolute Gasteiger partial charge is 0.328 e. The van der Waals surface area contributed by atoms with E-state index in [0.29, 0.717) is 6.42 Å². The second kappa shape index (κ2) is 15.4. The first kappa shape index (κ1) is 30.5. The van der Waals surface area contributed by atoms with E-state index >= 15 is 0 Å². The number of carbonyl (C=O) groups is 5. The molecule has 3 amide bonds. The van der Waals surface area contributed by atoms with Crippen molar-refractivity contribution in [2.24, 2.45) is 28.1 Å². The highest BCUT2D eigenvalue weighted by Gasteiger charge is 2.31. The van der Waals surface area contributed by atoms with Crippen LogP contribution in [0.1, 0.15) is 39.5 Å². The maximum atomic E-state index is 12.8. The topological polar surface area (TPSA) is 273 Å². The van der Waals surface area contributed by atoms with Crippen molar-refractivity contribution in [1.29, 1.82) is 0 Å². The number of aliphatic imine (C=N–C) groups is 1. The van der Waals surface area contributed by atoms with Crippen LogP contribution in [-0.2, 0) is 24.0 Å². The number of carboxylic acid groups (broad SMARTS) is 2. The lowest BCUT2D eigenvalue weighted by Gasteiger charge is -2.25. The van der Waals surface area contributed by atoms with E-state index in [9.17, 15) is 24.0 Å². The number of guanidine groups is 1. The van der Waals surface area contributed by atoms with Crippen molar-refractivity contribution in [2.45, 2.75) is 63.7 Å². The minimum Gasteiger partial charge on any atom is -0.481 e. The first-order chi connectivity index (χ1) is 15.8. The number of aliphatic hydroxyl groups excluding tert-OH is 1. The zero-order valence-corrected chi connectivity index (χ0v) is 19.2. The average molecular weight is 490 g/mol. The molecule has 0 spiro atoms. The van der Waals surface area contributed by atoms with E-state index in [1.807, 2.05) is 5.32 Å². The summed E-state index contributed by atoms with van der Waals surface area (Å²) >= 11 is 0. The summed E-state index contributed by atoms with van der Waals surface area (Å²) in [7, 11) is 0. The molecule has 194 valence electrons. The van der Waals surface area contributed by atoms with Crippen LogP contribution in [0.3, 0.4) is 0 Å². The van der Waals surface area contributed by atoms with Crippen LogP contribution >= 0.6 is 0 Å². The summed E-state index contributed by atoms with van der Waals surface area (Å²) in [6.07, 6.45) is -0.0828. The molecule has 0 rings (SSSR count). The second-order valence-corrected chi connectivity index (χ2v) is 7.99. The van der Waals surface area contributed by atoms with Crippen LogP contribution in [0.2, 0.25) is 0 Å². The summed E-state index contributed by atoms with van der Waals surface area (Å²) in [6.45, 7) is 2.88. The second-order valence-electron chi connectivity index (χ2n) is 7.99. The van der Waals surface area contributed by atoms with Gasteiger partial charge >= 0.3 is 11.9 Å². The van der Waals surface area contributed by atoms with E-state index < -0.39 is 66.9 Å². The number of carbonyl (C=O) groups excluding carboxylic acids is 3. The molecule has 15 nitrogen and oxygen atoms in total. The van der Waals surface area contributed by atoms with Gasteiger partial charge in [-0.3, -0.25) is 24.2 Å². The first-order valence-electron chi connectivity index (χ1n) is 10.6. The maximum Gasteiger partial charge on any atom is 0.328 e. The van der Waals surface area contributed by atoms with Crippen molar-refractivity contribution < 1.29 is 39.3 Å². The predicted molar refractivity (Wildman–Crippen MR) is 120 cm³/mol. The molecule has 0 fully saturated rings. The van der Waals surface area contributed by atoms with Crippen molar-refractivity contribution in [1.82, 2.24) is 16.0 Å². The molecule has 0 radical (unpaired) electrons. The Bertz CT molecular complexity index is 755. The molecule has 12 N–H and O–H groups in total. The Kier molecular flexibility index (Phi) is 13.8. The van der Waals surface area contributed by atoms with Gasteiger partial charge in [0.1, 0.15) is 18.1 Å². The van der Waals surface area contributed by atoms with E-state index in [-0.39, 0.29) is 31.3 Å². The third kappa shape index (κ3) is 12.5. The van der Waals surface area contributed by atoms with Crippen LogP contribution in [0.25, 0.3) is 0 Å². The first-order valence-corrected chi connectivity index (χ1v) is 10.6. The number of hydrogen-bond acceptors (Lipinski definition) is 8. The number of carboxylic acids is 2. The fourth-order valence-electron chi connectivity index (χ4n) is 2.75. The molecule has 0 aliphatic rings. The Morgan fingerprint density at radius 2 is 1.41 bits per heavy atom. The van der Waals surface area contributed by atoms with Gasteiger partial charge in [-0.25, -0.2) is 4.79 Å². The Labute approximate surface area is 196 Å². The van der Waals surface area contributed by atoms with E-state index in [1.165, 1.54) is 0 Å². The van der Waals surface area contributed by atoms with Gasteiger partial charge in [0.25, 0.3) is 0 Å². The molecule has 0 aromatic heterocycles. The van der Waals surface area contributed by atoms with Gasteiger partial charge in [0, 0.05) is 6.54 Å². The fourth-order valence-corrected chi connectivity index (χ4v) is 2.75. The third-order valence-electron chi connectivity index (χ3n) is 4.45. The lowest BCUT2D eigenvalue weighted by atomic mass is 10.0. The van der Waals surface area contributed by atoms with Crippen molar-refractivity contribution in [3.8, 4) is 0 Å². The van der Waals surface area contributed by atoms with Crippen LogP contribution in [-0.4, -0.2) is 88.3 Å². The molecule has 15 heteroatoms. The van der Waals surface area contributed by atoms with Crippen molar-refractivity contribution in [3.05, 3.63) is 0 Å². The van der Waals surface area contributed by atoms with Crippen LogP contribution in [0.4, 0.5) is 0 Å². The molecule has 0 bridgehead atoms. The van der Waals surface area contributed by atoms with Crippen LogP contribution in [0.15, 0.2) is 4.99 Å². The monoisotopic (exact) mass is 489 g/mol. The van der Waals surface area contributed by atoms with Gasteiger partial charge in [-0.05, 0) is 25.2 Å². The number of aliphatic hydroxyl groups is 1. The number of aliphatic carboxylic acids is 2. The Balaban J connectivity index is 5.33. The average Bonchev–Trinajstić information content (AvgIpc) is 2.72. The van der Waals surface area contributed by atoms with Crippen LogP contribution < -0.4 is 33.2 Å². The Morgan fingerprint density at radius 3 is 1.88 bits per heavy atom. The summed E-state index contributed by atoms with van der Waals surface area (Å²) < 4.78 is 0. The zero-order valence-electron chi connectivity index (χ0n) is 19.2. The summed E-state index contributed by atoms with van der Waals surface area (Å²) in [6, 6.07) is -5.47. The zero-order chi connectivity index (χ0) is 26.4. The summed E-state index contributed by atoms with van der Waals surface area (Å²) in [5, 5.41) is 33.8. The van der Waals surface area contributed by atoms with Crippen molar-refractivity contribution >= 4 is 35.6 Å². The molecular weight excluding hydrogens is 454 g/mol. The standard InChI is InChI=1S/C19H35N7O8/c1-9(2)6-11(24-15(30)10(20)4-3-5-23-19(21)22)16(31)25-12(7-14(28)29)17(32)26-13(8-27)18(33)34/h9-13,27H,3-8,20H2,1-2H3,(H,24,30)(H,25,31)(H,26,32)(H,28,29)(H,33,34)(H4,21,22,23)/t10-,11+,12-,13-/m0/s1. The number of hydrogen-bond donors (Lipinski definition) is 9. The number of nitrogens with one attached hydrogen (secondary N) is 3. The third-order valence-corrected chi connectivity index (χ3v) is 4.45. The largest absolute Gasteiger partial charge is 0.481 e. The highest BCUT2D eigenvalue weighted by Crippen LogP contribution is 2.07. The minimum atomic E-state index is -1.69. The van der Waals surface area contributed by atoms with E-state index in [4.69, 9.17) is 32.5 Å². The molecule has 0 unspecified atom stereocenters. The van der Waals surface area contributed by atoms with E-state index in [0.717, 1.165) is 0 Å². The number of nitrogens with zero attached hydrogens (tertiary/aromatic N) is 1. The van der Waals surface area contributed by atoms with Gasteiger partial charge in [0.05, 0.1) is 19.1 Å². The van der Waals surface area contributed by atoms with Gasteiger partial charge in [0.2, 0.25) is 17.7 Å². The van der Waals surface area contributed by atoms with Crippen molar-refractivity contribution in [3.63, 3.8) is 0 Å². The Morgan fingerprint density at radius 1 is 0.882 bits per heavy atom. The Hall–Kier alpha value is -3.46. The van der Waals surface area contributed by atoms with Gasteiger partial charge in [-0.1, -0.05) is 13.8 Å². The summed E-state index contributed by atoms with van der Waals surface area (Å²) in [5.41, 5.74) is 16.3. The SMILES string of the molecule is CC(C)C[C@@H](NC(=O)[C@@H](N)CCCN=C(N)N)C(=O)N[C@@H](CC(=O)O)C(=O)N[C@@H](CO)C(=O)O. The van der Waals surface area contributed by atoms with E-state index in [1.54, 1.807) is 13.8 Å². The molecule has 0 heterocycles. The highest BCUT2D eigenvalue weighted by molar-refractivity contribution is 5.95. The van der Waals surface area contributed by atoms with Crippen LogP contribution in [0, 0.1) is 5.92 Å². The number of rotatable bonds is 16. The normalized spacial score (nSPS) is 14.3. The highest BCUT2D eigenvalue weighted by atomic mass is 16.4. The summed E-state index contributed by atoms with van der Waals surface area (Å²) in [4.78, 5) is 63.6. The minimum absolute atomic E-state index is 0.0772. The van der Waals surface area contributed by atoms with Gasteiger partial charge in [0.15, 0.2) is 5.96 Å². The molecule has 34 heavy (non-hydrogen) atoms.